The van der Waals surface area contributed by atoms with Gasteiger partial charge in [-0.05, 0) is 86.0 Å². The number of carbonyl (C=O) groups is 6. The number of primary amides is 1. The third-order valence-corrected chi connectivity index (χ3v) is 13.5. The van der Waals surface area contributed by atoms with E-state index < -0.39 is 35.6 Å². The van der Waals surface area contributed by atoms with Crippen LogP contribution in [0.15, 0.2) is 48.7 Å². The molecular formula is C43H51N11O6. The molecule has 5 saturated heterocycles. The zero-order valence-electron chi connectivity index (χ0n) is 34.1. The molecule has 7 amide bonds. The summed E-state index contributed by atoms with van der Waals surface area (Å²) in [6, 6.07) is 13.2. The van der Waals surface area contributed by atoms with Crippen molar-refractivity contribution in [3.8, 4) is 0 Å². The van der Waals surface area contributed by atoms with Gasteiger partial charge in [0.05, 0.1) is 23.4 Å². The summed E-state index contributed by atoms with van der Waals surface area (Å²) in [5, 5.41) is 5.55. The lowest BCUT2D eigenvalue weighted by Crippen LogP contribution is -2.61. The van der Waals surface area contributed by atoms with Crippen molar-refractivity contribution in [3.05, 3.63) is 76.6 Å². The number of urea groups is 1. The molecule has 17 heteroatoms. The van der Waals surface area contributed by atoms with E-state index >= 15 is 0 Å². The fourth-order valence-electron chi connectivity index (χ4n) is 9.77. The Balaban J connectivity index is 0.777. The molecule has 2 atom stereocenters. The molecule has 5 fully saturated rings. The molecule has 1 unspecified atom stereocenters. The number of hydrogen-bond donors (Lipinski definition) is 3. The van der Waals surface area contributed by atoms with Gasteiger partial charge in [0, 0.05) is 71.0 Å². The summed E-state index contributed by atoms with van der Waals surface area (Å²) in [7, 11) is 1.83. The molecule has 3 aromatic rings. The Morgan fingerprint density at radius 2 is 1.65 bits per heavy atom. The van der Waals surface area contributed by atoms with E-state index in [1.54, 1.807) is 23.2 Å². The first-order valence-electron chi connectivity index (χ1n) is 21.0. The number of benzene rings is 2. The van der Waals surface area contributed by atoms with Crippen LogP contribution in [0.5, 0.6) is 0 Å². The SMILES string of the molecule is CN1CCN([C@@H]2CCCN(c3cnc(C(N)=O)c(Nc4ccc(C5(C)CCN(C6CN(Cc7ccc8c(c7)C(=O)N(C7CCC(=O)NC7=O)C8=O)C6)CC5)cc4)n3)C2)C1=O. The van der Waals surface area contributed by atoms with Gasteiger partial charge >= 0.3 is 6.03 Å². The van der Waals surface area contributed by atoms with Crippen LogP contribution in [0, 0.1) is 0 Å². The number of hydrogen-bond acceptors (Lipinski definition) is 12. The first-order valence-corrected chi connectivity index (χ1v) is 21.0. The fraction of sp³-hybridized carbons (Fsp3) is 0.488. The maximum absolute atomic E-state index is 13.3. The van der Waals surface area contributed by atoms with Gasteiger partial charge in [-0.2, -0.15) is 0 Å². The fourth-order valence-corrected chi connectivity index (χ4v) is 9.77. The Labute approximate surface area is 348 Å². The van der Waals surface area contributed by atoms with Crippen LogP contribution in [0.2, 0.25) is 0 Å². The third kappa shape index (κ3) is 7.33. The maximum atomic E-state index is 13.3. The van der Waals surface area contributed by atoms with Crippen LogP contribution in [-0.2, 0) is 21.5 Å². The Bertz CT molecular complexity index is 2250. The highest BCUT2D eigenvalue weighted by atomic mass is 16.2. The van der Waals surface area contributed by atoms with E-state index in [1.807, 2.05) is 30.1 Å². The number of fused-ring (bicyclic) bond motifs is 1. The van der Waals surface area contributed by atoms with E-state index in [0.29, 0.717) is 48.4 Å². The summed E-state index contributed by atoms with van der Waals surface area (Å²) >= 11 is 0. The van der Waals surface area contributed by atoms with Gasteiger partial charge in [0.2, 0.25) is 11.8 Å². The number of anilines is 3. The third-order valence-electron chi connectivity index (χ3n) is 13.5. The first-order chi connectivity index (χ1) is 28.8. The van der Waals surface area contributed by atoms with E-state index in [2.05, 4.69) is 49.4 Å². The monoisotopic (exact) mass is 817 g/mol. The number of piperidine rings is 3. The van der Waals surface area contributed by atoms with Crippen LogP contribution in [0.25, 0.3) is 0 Å². The predicted molar refractivity (Wildman–Crippen MR) is 221 cm³/mol. The lowest BCUT2D eigenvalue weighted by atomic mass is 9.74. The number of imide groups is 2. The number of nitrogens with one attached hydrogen (secondary N) is 2. The molecule has 9 rings (SSSR count). The van der Waals surface area contributed by atoms with Gasteiger partial charge in [-0.25, -0.2) is 14.8 Å². The van der Waals surface area contributed by atoms with Gasteiger partial charge in [0.1, 0.15) is 11.9 Å². The maximum Gasteiger partial charge on any atom is 0.320 e. The molecule has 6 aliphatic rings. The zero-order chi connectivity index (χ0) is 41.9. The normalized spacial score (nSPS) is 23.9. The topological polar surface area (TPSA) is 198 Å². The Hall–Kier alpha value is -5.94. The number of rotatable bonds is 10. The minimum absolute atomic E-state index is 0.00298. The molecule has 7 heterocycles. The molecule has 314 valence electrons. The van der Waals surface area contributed by atoms with Crippen LogP contribution < -0.4 is 21.3 Å². The Kier molecular flexibility index (Phi) is 10.3. The number of amides is 7. The zero-order valence-corrected chi connectivity index (χ0v) is 34.1. The van der Waals surface area contributed by atoms with Crippen molar-refractivity contribution in [1.29, 1.82) is 0 Å². The second-order valence-electron chi connectivity index (χ2n) is 17.4. The van der Waals surface area contributed by atoms with Crippen molar-refractivity contribution >= 4 is 52.9 Å². The summed E-state index contributed by atoms with van der Waals surface area (Å²) in [6.45, 7) is 9.62. The highest BCUT2D eigenvalue weighted by molar-refractivity contribution is 6.23. The lowest BCUT2D eigenvalue weighted by Gasteiger charge is -2.49. The van der Waals surface area contributed by atoms with Crippen molar-refractivity contribution in [1.82, 2.24) is 39.8 Å². The molecule has 4 N–H and O–H groups in total. The first kappa shape index (κ1) is 39.5. The van der Waals surface area contributed by atoms with Crippen LogP contribution in [0.4, 0.5) is 22.1 Å². The average Bonchev–Trinajstić information content (AvgIpc) is 3.69. The molecule has 2 aromatic carbocycles. The van der Waals surface area contributed by atoms with E-state index in [9.17, 15) is 28.8 Å². The summed E-state index contributed by atoms with van der Waals surface area (Å²) in [5.74, 6) is -1.71. The van der Waals surface area contributed by atoms with Crippen molar-refractivity contribution < 1.29 is 28.8 Å². The number of likely N-dealkylation sites (tertiary alicyclic amines) is 2. The van der Waals surface area contributed by atoms with Crippen molar-refractivity contribution in [2.75, 3.05) is 69.6 Å². The molecule has 0 aliphatic carbocycles. The smallest absolute Gasteiger partial charge is 0.320 e. The molecule has 0 saturated carbocycles. The molecule has 0 spiro atoms. The van der Waals surface area contributed by atoms with E-state index in [4.69, 9.17) is 10.7 Å². The molecule has 17 nitrogen and oxygen atoms in total. The van der Waals surface area contributed by atoms with Gasteiger partial charge in [0.15, 0.2) is 11.5 Å². The molecule has 6 aliphatic heterocycles. The van der Waals surface area contributed by atoms with Crippen LogP contribution in [0.1, 0.15) is 87.8 Å². The average molecular weight is 818 g/mol. The quantitative estimate of drug-likeness (QED) is 0.253. The van der Waals surface area contributed by atoms with E-state index in [0.717, 1.165) is 81.1 Å². The van der Waals surface area contributed by atoms with Crippen LogP contribution in [-0.4, -0.2) is 148 Å². The minimum atomic E-state index is -0.975. The Morgan fingerprint density at radius 1 is 0.900 bits per heavy atom. The van der Waals surface area contributed by atoms with Gasteiger partial charge in [-0.3, -0.25) is 44.0 Å². The second kappa shape index (κ2) is 15.6. The highest BCUT2D eigenvalue weighted by Gasteiger charge is 2.45. The number of carbonyl (C=O) groups excluding carboxylic acids is 6. The summed E-state index contributed by atoms with van der Waals surface area (Å²) in [6.07, 6.45) is 5.68. The largest absolute Gasteiger partial charge is 0.364 e. The van der Waals surface area contributed by atoms with Crippen molar-refractivity contribution in [2.45, 2.75) is 75.5 Å². The molecule has 60 heavy (non-hydrogen) atoms. The summed E-state index contributed by atoms with van der Waals surface area (Å²) < 4.78 is 0. The van der Waals surface area contributed by atoms with Crippen molar-refractivity contribution in [3.63, 3.8) is 0 Å². The van der Waals surface area contributed by atoms with Crippen LogP contribution >= 0.6 is 0 Å². The molecular weight excluding hydrogens is 767 g/mol. The van der Waals surface area contributed by atoms with Crippen molar-refractivity contribution in [2.24, 2.45) is 5.73 Å². The number of nitrogens with zero attached hydrogens (tertiary/aromatic N) is 8. The van der Waals surface area contributed by atoms with Gasteiger partial charge in [-0.1, -0.05) is 25.1 Å². The molecule has 0 radical (unpaired) electrons. The van der Waals surface area contributed by atoms with E-state index in [-0.39, 0.29) is 36.0 Å². The number of nitrogens with two attached hydrogens (primary N) is 1. The summed E-state index contributed by atoms with van der Waals surface area (Å²) in [4.78, 5) is 96.5. The predicted octanol–water partition coefficient (Wildman–Crippen LogP) is 2.29. The van der Waals surface area contributed by atoms with Gasteiger partial charge < -0.3 is 25.8 Å². The Morgan fingerprint density at radius 3 is 2.35 bits per heavy atom. The lowest BCUT2D eigenvalue weighted by molar-refractivity contribution is -0.136. The molecule has 1 aromatic heterocycles. The minimum Gasteiger partial charge on any atom is -0.364 e. The summed E-state index contributed by atoms with van der Waals surface area (Å²) in [5.41, 5.74) is 9.36. The number of likely N-dealkylation sites (N-methyl/N-ethyl adjacent to an activating group) is 1. The van der Waals surface area contributed by atoms with Gasteiger partial charge in [0.25, 0.3) is 17.7 Å². The van der Waals surface area contributed by atoms with Gasteiger partial charge in [-0.15, -0.1) is 0 Å². The number of aromatic nitrogens is 2. The van der Waals surface area contributed by atoms with E-state index in [1.165, 1.54) is 5.56 Å². The highest BCUT2D eigenvalue weighted by Crippen LogP contribution is 2.38. The standard InChI is InChI=1S/C43H51N11O6/c1-43(27-6-8-28(9-7-27)46-38-36(37(44)56)45-21-34(47-38)52-15-3-4-29(25-52)53-19-18-49(2)42(53)60)13-16-51(17-14-43)30-23-50(24-30)22-26-5-10-31-32(20-26)41(59)54(40(31)58)33-11-12-35(55)48-39(33)57/h5-10,20-21,29-30,33H,3-4,11-19,22-25H2,1-2H3,(H2,44,56)(H,46,47)(H,48,55,57)/t29-,33?/m1/s1. The second-order valence-corrected chi connectivity index (χ2v) is 17.4. The molecule has 0 bridgehead atoms. The van der Waals surface area contributed by atoms with Crippen LogP contribution in [0.3, 0.4) is 0 Å².